The predicted molar refractivity (Wildman–Crippen MR) is 59.2 cm³/mol. The van der Waals surface area contributed by atoms with Crippen LogP contribution in [0.25, 0.3) is 10.6 Å². The van der Waals surface area contributed by atoms with Gasteiger partial charge in [0.1, 0.15) is 10.0 Å². The van der Waals surface area contributed by atoms with E-state index < -0.39 is 4.92 Å². The van der Waals surface area contributed by atoms with Gasteiger partial charge in [0, 0.05) is 11.6 Å². The van der Waals surface area contributed by atoms with Gasteiger partial charge >= 0.3 is 0 Å². The van der Waals surface area contributed by atoms with Gasteiger partial charge in [-0.3, -0.25) is 10.1 Å². The molecule has 0 unspecified atom stereocenters. The van der Waals surface area contributed by atoms with Crippen molar-refractivity contribution >= 4 is 28.6 Å². The van der Waals surface area contributed by atoms with Crippen LogP contribution in [0.15, 0.2) is 29.8 Å². The summed E-state index contributed by atoms with van der Waals surface area (Å²) in [5.41, 5.74) is 0.372. The molecule has 15 heavy (non-hydrogen) atoms. The Kier molecular flexibility index (Phi) is 2.66. The molecule has 0 aliphatic carbocycles. The molecule has 76 valence electrons. The molecule has 0 radical (unpaired) electrons. The maximum Gasteiger partial charge on any atom is 0.298 e. The van der Waals surface area contributed by atoms with Crippen molar-refractivity contribution in [2.24, 2.45) is 0 Å². The fourth-order valence-electron chi connectivity index (χ4n) is 1.23. The zero-order valence-corrected chi connectivity index (χ0v) is 8.96. The first-order valence-corrected chi connectivity index (χ1v) is 5.28. The second kappa shape index (κ2) is 3.96. The number of para-hydroxylation sites is 1. The van der Waals surface area contributed by atoms with Crippen molar-refractivity contribution in [3.05, 3.63) is 44.9 Å². The van der Waals surface area contributed by atoms with Crippen molar-refractivity contribution in [1.82, 2.24) is 4.98 Å². The van der Waals surface area contributed by atoms with E-state index >= 15 is 0 Å². The average molecular weight is 241 g/mol. The standard InChI is InChI=1S/C9H5ClN2O2S/c10-7-3-1-2-6(8(7)12(13)14)9-11-4-5-15-9/h1-5H. The second-order valence-electron chi connectivity index (χ2n) is 2.73. The molecule has 4 nitrogen and oxygen atoms in total. The molecule has 1 heterocycles. The number of nitro benzene ring substituents is 1. The van der Waals surface area contributed by atoms with Crippen LogP contribution in [0.4, 0.5) is 5.69 Å². The van der Waals surface area contributed by atoms with Gasteiger partial charge in [-0.2, -0.15) is 0 Å². The largest absolute Gasteiger partial charge is 0.298 e. The number of nitro groups is 1. The third-order valence-corrected chi connectivity index (χ3v) is 2.94. The second-order valence-corrected chi connectivity index (χ2v) is 4.03. The van der Waals surface area contributed by atoms with Crippen LogP contribution in [0.2, 0.25) is 5.02 Å². The van der Waals surface area contributed by atoms with E-state index in [-0.39, 0.29) is 10.7 Å². The molecule has 1 aromatic heterocycles. The number of halogens is 1. The Labute approximate surface area is 94.3 Å². The minimum atomic E-state index is -0.487. The van der Waals surface area contributed by atoms with Gasteiger partial charge < -0.3 is 0 Å². The zero-order chi connectivity index (χ0) is 10.8. The molecule has 1 aromatic carbocycles. The molecule has 2 rings (SSSR count). The minimum absolute atomic E-state index is 0.0888. The zero-order valence-electron chi connectivity index (χ0n) is 7.38. The van der Waals surface area contributed by atoms with Crippen molar-refractivity contribution in [2.45, 2.75) is 0 Å². The molecule has 0 amide bonds. The lowest BCUT2D eigenvalue weighted by Crippen LogP contribution is -1.92. The van der Waals surface area contributed by atoms with Gasteiger partial charge in [0.15, 0.2) is 0 Å². The number of thiazole rings is 1. The number of aromatic nitrogens is 1. The lowest BCUT2D eigenvalue weighted by Gasteiger charge is -2.00. The van der Waals surface area contributed by atoms with Gasteiger partial charge in [-0.15, -0.1) is 11.3 Å². The van der Waals surface area contributed by atoms with Gasteiger partial charge in [0.25, 0.3) is 5.69 Å². The van der Waals surface area contributed by atoms with E-state index in [1.165, 1.54) is 17.4 Å². The molecule has 0 saturated heterocycles. The van der Waals surface area contributed by atoms with Crippen LogP contribution < -0.4 is 0 Å². The lowest BCUT2D eigenvalue weighted by molar-refractivity contribution is -0.384. The Morgan fingerprint density at radius 2 is 2.27 bits per heavy atom. The third-order valence-electron chi connectivity index (χ3n) is 1.83. The average Bonchev–Trinajstić information content (AvgIpc) is 2.69. The monoisotopic (exact) mass is 240 g/mol. The summed E-state index contributed by atoms with van der Waals surface area (Å²) >= 11 is 7.12. The maximum absolute atomic E-state index is 10.8. The smallest absolute Gasteiger partial charge is 0.258 e. The fraction of sp³-hybridized carbons (Fsp3) is 0. The Morgan fingerprint density at radius 3 is 2.87 bits per heavy atom. The first kappa shape index (κ1) is 10.1. The first-order chi connectivity index (χ1) is 7.20. The molecule has 0 N–H and O–H groups in total. The van der Waals surface area contributed by atoms with Gasteiger partial charge in [0.05, 0.1) is 10.5 Å². The van der Waals surface area contributed by atoms with Crippen molar-refractivity contribution < 1.29 is 4.92 Å². The van der Waals surface area contributed by atoms with E-state index in [1.807, 2.05) is 0 Å². The fourth-order valence-corrected chi connectivity index (χ4v) is 2.14. The lowest BCUT2D eigenvalue weighted by atomic mass is 10.2. The van der Waals surface area contributed by atoms with Crippen LogP contribution in [0, 0.1) is 10.1 Å². The van der Waals surface area contributed by atoms with Crippen LogP contribution >= 0.6 is 22.9 Å². The third kappa shape index (κ3) is 1.84. The molecule has 2 aromatic rings. The molecule has 6 heteroatoms. The summed E-state index contributed by atoms with van der Waals surface area (Å²) in [5, 5.41) is 13.3. The van der Waals surface area contributed by atoms with Crippen molar-refractivity contribution in [1.29, 1.82) is 0 Å². The summed E-state index contributed by atoms with van der Waals surface area (Å²) in [4.78, 5) is 14.4. The first-order valence-electron chi connectivity index (χ1n) is 4.03. The summed E-state index contributed by atoms with van der Waals surface area (Å²) in [5.74, 6) is 0. The van der Waals surface area contributed by atoms with E-state index in [4.69, 9.17) is 11.6 Å². The van der Waals surface area contributed by atoms with Crippen LogP contribution in [-0.2, 0) is 0 Å². The van der Waals surface area contributed by atoms with Crippen molar-refractivity contribution in [2.75, 3.05) is 0 Å². The molecular weight excluding hydrogens is 236 g/mol. The number of hydrogen-bond donors (Lipinski definition) is 0. The topological polar surface area (TPSA) is 56.0 Å². The predicted octanol–water partition coefficient (Wildman–Crippen LogP) is 3.37. The molecule has 0 spiro atoms. The minimum Gasteiger partial charge on any atom is -0.258 e. The quantitative estimate of drug-likeness (QED) is 0.597. The van der Waals surface area contributed by atoms with Gasteiger partial charge in [-0.25, -0.2) is 4.98 Å². The Morgan fingerprint density at radius 1 is 1.47 bits per heavy atom. The van der Waals surface area contributed by atoms with Gasteiger partial charge in [-0.05, 0) is 12.1 Å². The molecule has 0 atom stereocenters. The number of hydrogen-bond acceptors (Lipinski definition) is 4. The highest BCUT2D eigenvalue weighted by Crippen LogP contribution is 2.36. The number of nitrogens with zero attached hydrogens (tertiary/aromatic N) is 2. The summed E-state index contributed by atoms with van der Waals surface area (Å²) in [6.07, 6.45) is 1.60. The Balaban J connectivity index is 2.66. The van der Waals surface area contributed by atoms with E-state index in [1.54, 1.807) is 23.7 Å². The van der Waals surface area contributed by atoms with E-state index in [0.29, 0.717) is 10.6 Å². The summed E-state index contributed by atoms with van der Waals surface area (Å²) < 4.78 is 0. The van der Waals surface area contributed by atoms with Gasteiger partial charge in [0.2, 0.25) is 0 Å². The molecule has 0 fully saturated rings. The Bertz CT molecular complexity index is 499. The summed E-state index contributed by atoms with van der Waals surface area (Å²) in [6, 6.07) is 4.81. The molecule has 0 bridgehead atoms. The Hall–Kier alpha value is -1.46. The highest BCUT2D eigenvalue weighted by atomic mass is 35.5. The highest BCUT2D eigenvalue weighted by molar-refractivity contribution is 7.13. The SMILES string of the molecule is O=[N+]([O-])c1c(Cl)cccc1-c1nccs1. The molecule has 0 aliphatic heterocycles. The summed E-state index contributed by atoms with van der Waals surface area (Å²) in [6.45, 7) is 0. The maximum atomic E-state index is 10.8. The van der Waals surface area contributed by atoms with Crippen LogP contribution in [0.3, 0.4) is 0 Å². The highest BCUT2D eigenvalue weighted by Gasteiger charge is 2.20. The molecule has 0 saturated carbocycles. The van der Waals surface area contributed by atoms with Crippen molar-refractivity contribution in [3.63, 3.8) is 0 Å². The summed E-state index contributed by atoms with van der Waals surface area (Å²) in [7, 11) is 0. The number of rotatable bonds is 2. The van der Waals surface area contributed by atoms with E-state index in [9.17, 15) is 10.1 Å². The van der Waals surface area contributed by atoms with E-state index in [0.717, 1.165) is 0 Å². The van der Waals surface area contributed by atoms with Crippen LogP contribution in [0.1, 0.15) is 0 Å². The van der Waals surface area contributed by atoms with Crippen LogP contribution in [-0.4, -0.2) is 9.91 Å². The number of benzene rings is 1. The van der Waals surface area contributed by atoms with Crippen LogP contribution in [0.5, 0.6) is 0 Å². The van der Waals surface area contributed by atoms with E-state index in [2.05, 4.69) is 4.98 Å². The van der Waals surface area contributed by atoms with Crippen molar-refractivity contribution in [3.8, 4) is 10.6 Å². The van der Waals surface area contributed by atoms with Gasteiger partial charge in [-0.1, -0.05) is 17.7 Å². The normalized spacial score (nSPS) is 10.2. The molecular formula is C9H5ClN2O2S. The molecule has 0 aliphatic rings.